The molecule has 2 heterocycles. The van der Waals surface area contributed by atoms with E-state index in [4.69, 9.17) is 0 Å². The van der Waals surface area contributed by atoms with E-state index >= 15 is 0 Å². The number of amides is 1. The second kappa shape index (κ2) is 5.37. The normalized spacial score (nSPS) is 10.0. The van der Waals surface area contributed by atoms with Crippen LogP contribution in [0.2, 0.25) is 0 Å². The monoisotopic (exact) mass is 355 g/mol. The fourth-order valence-corrected chi connectivity index (χ4v) is 2.25. The number of nitrogens with zero attached hydrogens (tertiary/aromatic N) is 2. The molecule has 0 saturated heterocycles. The molecule has 86 valence electrons. The molecule has 1 amide bonds. The highest BCUT2D eigenvalue weighted by molar-refractivity contribution is 9.11. The molecule has 17 heavy (non-hydrogen) atoms. The Bertz CT molecular complexity index is 546. The molecule has 0 saturated carbocycles. The van der Waals surface area contributed by atoms with Crippen molar-refractivity contribution in [1.29, 1.82) is 0 Å². The molecule has 0 aromatic carbocycles. The van der Waals surface area contributed by atoms with Gasteiger partial charge in [-0.3, -0.25) is 9.78 Å². The number of aromatic nitrogens is 2. The molecule has 0 radical (unpaired) electrons. The van der Waals surface area contributed by atoms with Crippen molar-refractivity contribution >= 4 is 43.5 Å². The van der Waals surface area contributed by atoms with Gasteiger partial charge in [-0.2, -0.15) is 0 Å². The van der Waals surface area contributed by atoms with Crippen molar-refractivity contribution in [3.63, 3.8) is 0 Å². The zero-order valence-electron chi connectivity index (χ0n) is 8.52. The van der Waals surface area contributed by atoms with Crippen molar-refractivity contribution in [2.45, 2.75) is 0 Å². The first-order valence-corrected chi connectivity index (χ1v) is 6.28. The van der Waals surface area contributed by atoms with E-state index in [1.807, 2.05) is 0 Å². The van der Waals surface area contributed by atoms with Gasteiger partial charge in [0, 0.05) is 16.9 Å². The van der Waals surface area contributed by atoms with Gasteiger partial charge >= 0.3 is 0 Å². The summed E-state index contributed by atoms with van der Waals surface area (Å²) in [6.45, 7) is 0. The second-order valence-electron chi connectivity index (χ2n) is 3.18. The second-order valence-corrected chi connectivity index (χ2v) is 4.85. The maximum absolute atomic E-state index is 11.8. The average Bonchev–Trinajstić information content (AvgIpc) is 2.34. The Morgan fingerprint density at radius 1 is 1.29 bits per heavy atom. The number of pyridine rings is 2. The first-order valence-electron chi connectivity index (χ1n) is 4.69. The number of hydrogen-bond acceptors (Lipinski definition) is 3. The highest BCUT2D eigenvalue weighted by Gasteiger charge is 2.08. The number of carbonyl (C=O) groups excluding carboxylic acids is 1. The van der Waals surface area contributed by atoms with Crippen LogP contribution in [0.3, 0.4) is 0 Å². The third-order valence-corrected chi connectivity index (χ3v) is 3.08. The zero-order valence-corrected chi connectivity index (χ0v) is 11.7. The Balaban J connectivity index is 2.19. The van der Waals surface area contributed by atoms with Gasteiger partial charge in [0.05, 0.1) is 17.4 Å². The van der Waals surface area contributed by atoms with Crippen LogP contribution in [0, 0.1) is 0 Å². The summed E-state index contributed by atoms with van der Waals surface area (Å²) < 4.78 is 1.46. The van der Waals surface area contributed by atoms with E-state index in [0.717, 1.165) is 4.47 Å². The molecule has 6 heteroatoms. The van der Waals surface area contributed by atoms with Crippen molar-refractivity contribution in [3.8, 4) is 0 Å². The van der Waals surface area contributed by atoms with Crippen LogP contribution in [-0.2, 0) is 0 Å². The standard InChI is InChI=1S/C11H7Br2N3O/c12-8-4-10(13)15-6-9(8)16-11(17)7-2-1-3-14-5-7/h1-6H,(H,16,17). The van der Waals surface area contributed by atoms with Gasteiger partial charge in [-0.25, -0.2) is 4.98 Å². The fourth-order valence-electron chi connectivity index (χ4n) is 1.19. The smallest absolute Gasteiger partial charge is 0.257 e. The van der Waals surface area contributed by atoms with Gasteiger partial charge in [0.2, 0.25) is 0 Å². The molecule has 0 fully saturated rings. The molecule has 0 unspecified atom stereocenters. The van der Waals surface area contributed by atoms with Crippen LogP contribution >= 0.6 is 31.9 Å². The minimum atomic E-state index is -0.220. The van der Waals surface area contributed by atoms with Gasteiger partial charge < -0.3 is 5.32 Å². The van der Waals surface area contributed by atoms with E-state index in [9.17, 15) is 4.79 Å². The Kier molecular flexibility index (Phi) is 3.86. The topological polar surface area (TPSA) is 54.9 Å². The highest BCUT2D eigenvalue weighted by Crippen LogP contribution is 2.24. The summed E-state index contributed by atoms with van der Waals surface area (Å²) in [5.74, 6) is -0.220. The van der Waals surface area contributed by atoms with Gasteiger partial charge in [-0.15, -0.1) is 0 Å². The molecule has 0 bridgehead atoms. The zero-order chi connectivity index (χ0) is 12.3. The van der Waals surface area contributed by atoms with E-state index in [1.54, 1.807) is 30.6 Å². The maximum atomic E-state index is 11.8. The molecule has 0 atom stereocenters. The lowest BCUT2D eigenvalue weighted by atomic mass is 10.2. The number of anilines is 1. The summed E-state index contributed by atoms with van der Waals surface area (Å²) in [5.41, 5.74) is 1.12. The molecule has 1 N–H and O–H groups in total. The van der Waals surface area contributed by atoms with E-state index in [1.165, 1.54) is 6.20 Å². The van der Waals surface area contributed by atoms with Crippen LogP contribution in [0.4, 0.5) is 5.69 Å². The molecule has 0 aliphatic heterocycles. The van der Waals surface area contributed by atoms with Gasteiger partial charge in [0.25, 0.3) is 5.91 Å². The Morgan fingerprint density at radius 2 is 2.12 bits per heavy atom. The lowest BCUT2D eigenvalue weighted by molar-refractivity contribution is 0.102. The molecular formula is C11H7Br2N3O. The number of rotatable bonds is 2. The summed E-state index contributed by atoms with van der Waals surface area (Å²) in [6.07, 6.45) is 4.70. The van der Waals surface area contributed by atoms with Crippen LogP contribution in [0.15, 0.2) is 45.9 Å². The highest BCUT2D eigenvalue weighted by atomic mass is 79.9. The summed E-state index contributed by atoms with van der Waals surface area (Å²) in [4.78, 5) is 19.8. The third-order valence-electron chi connectivity index (χ3n) is 1.99. The number of hydrogen-bond donors (Lipinski definition) is 1. The molecule has 2 aromatic rings. The van der Waals surface area contributed by atoms with Crippen LogP contribution < -0.4 is 5.32 Å². The Hall–Kier alpha value is -1.27. The average molecular weight is 357 g/mol. The lowest BCUT2D eigenvalue weighted by Crippen LogP contribution is -2.12. The predicted octanol–water partition coefficient (Wildman–Crippen LogP) is 3.25. The van der Waals surface area contributed by atoms with Crippen LogP contribution in [-0.4, -0.2) is 15.9 Å². The largest absolute Gasteiger partial charge is 0.320 e. The summed E-state index contributed by atoms with van der Waals surface area (Å²) in [5, 5.41) is 2.74. The molecule has 2 rings (SSSR count). The molecule has 0 spiro atoms. The lowest BCUT2D eigenvalue weighted by Gasteiger charge is -2.06. The number of nitrogens with one attached hydrogen (secondary N) is 1. The first kappa shape index (κ1) is 12.2. The van der Waals surface area contributed by atoms with Gasteiger partial charge in [-0.1, -0.05) is 0 Å². The number of halogens is 2. The van der Waals surface area contributed by atoms with Crippen LogP contribution in [0.1, 0.15) is 10.4 Å². The molecule has 0 aliphatic carbocycles. The summed E-state index contributed by atoms with van der Waals surface area (Å²) in [7, 11) is 0. The molecule has 2 aromatic heterocycles. The minimum Gasteiger partial charge on any atom is -0.320 e. The maximum Gasteiger partial charge on any atom is 0.257 e. The first-order chi connectivity index (χ1) is 8.16. The van der Waals surface area contributed by atoms with E-state index < -0.39 is 0 Å². The summed E-state index contributed by atoms with van der Waals surface area (Å²) in [6, 6.07) is 5.17. The minimum absolute atomic E-state index is 0.220. The van der Waals surface area contributed by atoms with Crippen molar-refractivity contribution in [1.82, 2.24) is 9.97 Å². The van der Waals surface area contributed by atoms with Crippen molar-refractivity contribution < 1.29 is 4.79 Å². The van der Waals surface area contributed by atoms with E-state index in [2.05, 4.69) is 47.1 Å². The Morgan fingerprint density at radius 3 is 2.76 bits per heavy atom. The SMILES string of the molecule is O=C(Nc1cnc(Br)cc1Br)c1cccnc1. The van der Waals surface area contributed by atoms with Gasteiger partial charge in [0.1, 0.15) is 4.60 Å². The van der Waals surface area contributed by atoms with Crippen LogP contribution in [0.5, 0.6) is 0 Å². The fraction of sp³-hybridized carbons (Fsp3) is 0. The van der Waals surface area contributed by atoms with Crippen molar-refractivity contribution in [2.24, 2.45) is 0 Å². The summed E-state index contributed by atoms with van der Waals surface area (Å²) >= 11 is 6.59. The molecule has 4 nitrogen and oxygen atoms in total. The quantitative estimate of drug-likeness (QED) is 0.840. The van der Waals surface area contributed by atoms with Gasteiger partial charge in [-0.05, 0) is 50.1 Å². The third kappa shape index (κ3) is 3.10. The van der Waals surface area contributed by atoms with Crippen molar-refractivity contribution in [3.05, 3.63) is 51.4 Å². The molecule has 0 aliphatic rings. The van der Waals surface area contributed by atoms with E-state index in [0.29, 0.717) is 15.9 Å². The van der Waals surface area contributed by atoms with E-state index in [-0.39, 0.29) is 5.91 Å². The van der Waals surface area contributed by atoms with Crippen molar-refractivity contribution in [2.75, 3.05) is 5.32 Å². The van der Waals surface area contributed by atoms with Crippen LogP contribution in [0.25, 0.3) is 0 Å². The Labute approximate surface area is 115 Å². The number of carbonyl (C=O) groups is 1. The molecular weight excluding hydrogens is 350 g/mol. The van der Waals surface area contributed by atoms with Gasteiger partial charge in [0.15, 0.2) is 0 Å². The predicted molar refractivity (Wildman–Crippen MR) is 71.8 cm³/mol.